The number of hydrogen-bond donors (Lipinski definition) is 1. The standard InChI is InChI=1S/C24H25N3O6/c1-2-32-21-15-17(8-9-20(21)33-16-22(28)26-10-12-31-13-11-26)14-19-23(29)25-27(24(19)30)18-6-4-3-5-7-18/h3-9,14-15H,2,10-13,16H2,1H3,(H,25,29)/b19-14+. The van der Waals surface area contributed by atoms with E-state index in [1.165, 1.54) is 11.1 Å². The van der Waals surface area contributed by atoms with Crippen molar-refractivity contribution in [2.45, 2.75) is 6.92 Å². The monoisotopic (exact) mass is 451 g/mol. The third-order valence-electron chi connectivity index (χ3n) is 5.20. The Hall–Kier alpha value is -3.85. The van der Waals surface area contributed by atoms with Gasteiger partial charge in [0.2, 0.25) is 0 Å². The minimum absolute atomic E-state index is 0.0115. The van der Waals surface area contributed by atoms with Gasteiger partial charge in [-0.2, -0.15) is 0 Å². The minimum Gasteiger partial charge on any atom is -0.490 e. The summed E-state index contributed by atoms with van der Waals surface area (Å²) in [6.45, 7) is 4.23. The van der Waals surface area contributed by atoms with Gasteiger partial charge in [-0.15, -0.1) is 0 Å². The molecule has 2 saturated heterocycles. The van der Waals surface area contributed by atoms with E-state index in [2.05, 4.69) is 5.43 Å². The highest BCUT2D eigenvalue weighted by atomic mass is 16.5. The lowest BCUT2D eigenvalue weighted by Crippen LogP contribution is -2.43. The largest absolute Gasteiger partial charge is 0.490 e. The summed E-state index contributed by atoms with van der Waals surface area (Å²) in [7, 11) is 0. The normalized spacial score (nSPS) is 17.3. The van der Waals surface area contributed by atoms with Gasteiger partial charge in [0.25, 0.3) is 17.7 Å². The molecular weight excluding hydrogens is 426 g/mol. The maximum absolute atomic E-state index is 12.8. The Morgan fingerprint density at radius 3 is 2.55 bits per heavy atom. The van der Waals surface area contributed by atoms with Crippen LogP contribution >= 0.6 is 0 Å². The van der Waals surface area contributed by atoms with E-state index in [9.17, 15) is 14.4 Å². The molecule has 172 valence electrons. The number of morpholine rings is 1. The second-order valence-corrected chi connectivity index (χ2v) is 7.40. The van der Waals surface area contributed by atoms with Crippen molar-refractivity contribution in [2.24, 2.45) is 0 Å². The summed E-state index contributed by atoms with van der Waals surface area (Å²) >= 11 is 0. The van der Waals surface area contributed by atoms with Crippen LogP contribution in [0.4, 0.5) is 5.69 Å². The average Bonchev–Trinajstić information content (AvgIpc) is 3.13. The van der Waals surface area contributed by atoms with Crippen molar-refractivity contribution in [1.29, 1.82) is 0 Å². The number of para-hydroxylation sites is 1. The smallest absolute Gasteiger partial charge is 0.282 e. The lowest BCUT2D eigenvalue weighted by Gasteiger charge is -2.26. The molecule has 33 heavy (non-hydrogen) atoms. The van der Waals surface area contributed by atoms with Gasteiger partial charge in [-0.1, -0.05) is 24.3 Å². The predicted octanol–water partition coefficient (Wildman–Crippen LogP) is 1.78. The number of amides is 3. The Labute approximate surface area is 191 Å². The van der Waals surface area contributed by atoms with Crippen LogP contribution in [0.15, 0.2) is 54.1 Å². The SMILES string of the molecule is CCOc1cc(/C=C2\C(=O)NN(c3ccccc3)C2=O)ccc1OCC(=O)N1CCOCC1. The summed E-state index contributed by atoms with van der Waals surface area (Å²) in [6.07, 6.45) is 1.51. The molecule has 1 N–H and O–H groups in total. The zero-order valence-electron chi connectivity index (χ0n) is 18.3. The summed E-state index contributed by atoms with van der Waals surface area (Å²) in [5, 5.41) is 1.21. The molecule has 0 aliphatic carbocycles. The molecule has 2 aromatic carbocycles. The number of ether oxygens (including phenoxy) is 3. The first-order chi connectivity index (χ1) is 16.1. The van der Waals surface area contributed by atoms with Crippen LogP contribution in [-0.4, -0.2) is 62.1 Å². The van der Waals surface area contributed by atoms with Gasteiger partial charge in [-0.25, -0.2) is 5.01 Å². The molecule has 0 atom stereocenters. The van der Waals surface area contributed by atoms with Gasteiger partial charge >= 0.3 is 0 Å². The van der Waals surface area contributed by atoms with Crippen molar-refractivity contribution in [3.05, 3.63) is 59.7 Å². The van der Waals surface area contributed by atoms with E-state index in [0.717, 1.165) is 0 Å². The Morgan fingerprint density at radius 2 is 1.82 bits per heavy atom. The number of nitrogens with one attached hydrogen (secondary N) is 1. The van der Waals surface area contributed by atoms with E-state index in [1.807, 2.05) is 13.0 Å². The summed E-state index contributed by atoms with van der Waals surface area (Å²) in [4.78, 5) is 39.3. The van der Waals surface area contributed by atoms with Gasteiger partial charge in [0, 0.05) is 13.1 Å². The van der Waals surface area contributed by atoms with Crippen LogP contribution in [0.5, 0.6) is 11.5 Å². The molecule has 9 heteroatoms. The van der Waals surface area contributed by atoms with E-state index in [-0.39, 0.29) is 18.1 Å². The average molecular weight is 451 g/mol. The summed E-state index contributed by atoms with van der Waals surface area (Å²) in [6, 6.07) is 13.9. The highest BCUT2D eigenvalue weighted by Crippen LogP contribution is 2.30. The minimum atomic E-state index is -0.488. The maximum Gasteiger partial charge on any atom is 0.282 e. The van der Waals surface area contributed by atoms with Gasteiger partial charge < -0.3 is 19.1 Å². The molecule has 0 saturated carbocycles. The topological polar surface area (TPSA) is 97.4 Å². The van der Waals surface area contributed by atoms with E-state index >= 15 is 0 Å². The number of carbonyl (C=O) groups excluding carboxylic acids is 3. The second-order valence-electron chi connectivity index (χ2n) is 7.40. The first-order valence-corrected chi connectivity index (χ1v) is 10.7. The zero-order chi connectivity index (χ0) is 23.2. The van der Waals surface area contributed by atoms with Gasteiger partial charge in [-0.05, 0) is 42.8 Å². The quantitative estimate of drug-likeness (QED) is 0.509. The molecule has 3 amide bonds. The second kappa shape index (κ2) is 10.2. The van der Waals surface area contributed by atoms with E-state index in [0.29, 0.717) is 55.7 Å². The molecule has 2 aliphatic heterocycles. The molecule has 9 nitrogen and oxygen atoms in total. The predicted molar refractivity (Wildman–Crippen MR) is 121 cm³/mol. The lowest BCUT2D eigenvalue weighted by molar-refractivity contribution is -0.137. The molecule has 0 unspecified atom stereocenters. The van der Waals surface area contributed by atoms with Crippen molar-refractivity contribution >= 4 is 29.5 Å². The summed E-state index contributed by atoms with van der Waals surface area (Å²) in [5.74, 6) is -0.221. The number of benzene rings is 2. The molecule has 0 spiro atoms. The fraction of sp³-hybridized carbons (Fsp3) is 0.292. The van der Waals surface area contributed by atoms with Gasteiger partial charge in [-0.3, -0.25) is 19.8 Å². The Bertz CT molecular complexity index is 1060. The Balaban J connectivity index is 1.49. The first-order valence-electron chi connectivity index (χ1n) is 10.7. The highest BCUT2D eigenvalue weighted by molar-refractivity contribution is 6.31. The molecule has 0 radical (unpaired) electrons. The number of nitrogens with zero attached hydrogens (tertiary/aromatic N) is 2. The van der Waals surface area contributed by atoms with Crippen LogP contribution in [0, 0.1) is 0 Å². The zero-order valence-corrected chi connectivity index (χ0v) is 18.3. The third kappa shape index (κ3) is 5.15. The van der Waals surface area contributed by atoms with Crippen molar-refractivity contribution < 1.29 is 28.6 Å². The Kier molecular flexibility index (Phi) is 6.89. The number of hydrogen-bond acceptors (Lipinski definition) is 6. The molecular formula is C24H25N3O6. The molecule has 2 fully saturated rings. The van der Waals surface area contributed by atoms with Crippen LogP contribution < -0.4 is 19.9 Å². The van der Waals surface area contributed by atoms with Crippen LogP contribution in [-0.2, 0) is 19.1 Å². The summed E-state index contributed by atoms with van der Waals surface area (Å²) < 4.78 is 16.6. The fourth-order valence-electron chi connectivity index (χ4n) is 3.53. The molecule has 2 aliphatic rings. The van der Waals surface area contributed by atoms with Gasteiger partial charge in [0.15, 0.2) is 18.1 Å². The molecule has 4 rings (SSSR count). The van der Waals surface area contributed by atoms with Crippen molar-refractivity contribution in [3.63, 3.8) is 0 Å². The maximum atomic E-state index is 12.8. The fourth-order valence-corrected chi connectivity index (χ4v) is 3.53. The van der Waals surface area contributed by atoms with E-state index in [1.54, 1.807) is 47.4 Å². The van der Waals surface area contributed by atoms with Crippen LogP contribution in [0.1, 0.15) is 12.5 Å². The van der Waals surface area contributed by atoms with Crippen LogP contribution in [0.25, 0.3) is 6.08 Å². The number of carbonyl (C=O) groups is 3. The summed E-state index contributed by atoms with van der Waals surface area (Å²) in [5.41, 5.74) is 3.75. The third-order valence-corrected chi connectivity index (χ3v) is 5.20. The molecule has 0 aromatic heterocycles. The van der Waals surface area contributed by atoms with Gasteiger partial charge in [0.1, 0.15) is 5.57 Å². The lowest BCUT2D eigenvalue weighted by atomic mass is 10.1. The number of rotatable bonds is 7. The van der Waals surface area contributed by atoms with Gasteiger partial charge in [0.05, 0.1) is 25.5 Å². The molecule has 2 heterocycles. The van der Waals surface area contributed by atoms with E-state index in [4.69, 9.17) is 14.2 Å². The highest BCUT2D eigenvalue weighted by Gasteiger charge is 2.34. The first kappa shape index (κ1) is 22.3. The van der Waals surface area contributed by atoms with E-state index < -0.39 is 11.8 Å². The molecule has 0 bridgehead atoms. The van der Waals surface area contributed by atoms with Crippen LogP contribution in [0.2, 0.25) is 0 Å². The number of anilines is 1. The number of hydrazine groups is 1. The van der Waals surface area contributed by atoms with Crippen molar-refractivity contribution in [1.82, 2.24) is 10.3 Å². The van der Waals surface area contributed by atoms with Crippen LogP contribution in [0.3, 0.4) is 0 Å². The van der Waals surface area contributed by atoms with Crippen molar-refractivity contribution in [2.75, 3.05) is 44.5 Å². The van der Waals surface area contributed by atoms with Crippen molar-refractivity contribution in [3.8, 4) is 11.5 Å². The molecule has 2 aromatic rings. The Morgan fingerprint density at radius 1 is 1.06 bits per heavy atom.